The quantitative estimate of drug-likeness (QED) is 0.758. The zero-order valence-corrected chi connectivity index (χ0v) is 15.5. The summed E-state index contributed by atoms with van der Waals surface area (Å²) in [6.07, 6.45) is -0.566. The minimum atomic E-state index is -0.566. The summed E-state index contributed by atoms with van der Waals surface area (Å²) in [6.45, 7) is 14.2. The lowest BCUT2D eigenvalue weighted by Crippen LogP contribution is -2.32. The van der Waals surface area contributed by atoms with Gasteiger partial charge in [-0.15, -0.1) is 0 Å². The van der Waals surface area contributed by atoms with E-state index < -0.39 is 6.10 Å². The standard InChI is InChI=1S/C17H36N2O5/c1-3-18-5-9-21-13-14-22-10-6-19(4-2)8-12-24-16-17(20)15-23-11-7-18/h17,20H,3-16H2,1-2H3. The van der Waals surface area contributed by atoms with E-state index in [0.29, 0.717) is 52.9 Å². The van der Waals surface area contributed by atoms with Gasteiger partial charge in [0.1, 0.15) is 6.10 Å². The molecule has 1 aliphatic heterocycles. The molecule has 7 heteroatoms. The monoisotopic (exact) mass is 348 g/mol. The fraction of sp³-hybridized carbons (Fsp3) is 1.00. The van der Waals surface area contributed by atoms with Crippen molar-refractivity contribution in [3.63, 3.8) is 0 Å². The summed E-state index contributed by atoms with van der Waals surface area (Å²) >= 11 is 0. The number of ether oxygens (including phenoxy) is 4. The first-order valence-electron chi connectivity index (χ1n) is 9.20. The van der Waals surface area contributed by atoms with Crippen LogP contribution < -0.4 is 0 Å². The molecule has 0 saturated carbocycles. The van der Waals surface area contributed by atoms with Gasteiger partial charge in [-0.05, 0) is 13.1 Å². The van der Waals surface area contributed by atoms with Crippen molar-refractivity contribution in [3.8, 4) is 0 Å². The fourth-order valence-electron chi connectivity index (χ4n) is 2.44. The van der Waals surface area contributed by atoms with Gasteiger partial charge in [-0.3, -0.25) is 9.80 Å². The van der Waals surface area contributed by atoms with Crippen LogP contribution in [0.4, 0.5) is 0 Å². The Morgan fingerprint density at radius 2 is 1.04 bits per heavy atom. The predicted molar refractivity (Wildman–Crippen MR) is 93.5 cm³/mol. The van der Waals surface area contributed by atoms with Crippen molar-refractivity contribution in [1.29, 1.82) is 0 Å². The molecule has 0 atom stereocenters. The van der Waals surface area contributed by atoms with Gasteiger partial charge in [-0.2, -0.15) is 0 Å². The summed E-state index contributed by atoms with van der Waals surface area (Å²) in [6, 6.07) is 0. The topological polar surface area (TPSA) is 63.6 Å². The van der Waals surface area contributed by atoms with E-state index in [4.69, 9.17) is 18.9 Å². The lowest BCUT2D eigenvalue weighted by molar-refractivity contribution is -0.0260. The van der Waals surface area contributed by atoms with Crippen molar-refractivity contribution in [3.05, 3.63) is 0 Å². The highest BCUT2D eigenvalue weighted by Crippen LogP contribution is 1.95. The summed E-state index contributed by atoms with van der Waals surface area (Å²) in [5, 5.41) is 9.87. The molecule has 0 bridgehead atoms. The number of rotatable bonds is 2. The van der Waals surface area contributed by atoms with Gasteiger partial charge in [-0.1, -0.05) is 13.8 Å². The molecule has 0 amide bonds. The minimum Gasteiger partial charge on any atom is -0.388 e. The molecule has 1 N–H and O–H groups in total. The molecule has 1 aliphatic rings. The zero-order valence-electron chi connectivity index (χ0n) is 15.5. The van der Waals surface area contributed by atoms with Crippen LogP contribution >= 0.6 is 0 Å². The molecule has 0 aliphatic carbocycles. The summed E-state index contributed by atoms with van der Waals surface area (Å²) in [7, 11) is 0. The lowest BCUT2D eigenvalue weighted by atomic mass is 10.4. The third-order valence-electron chi connectivity index (χ3n) is 4.09. The molecule has 0 spiro atoms. The van der Waals surface area contributed by atoms with Crippen LogP contribution in [0.3, 0.4) is 0 Å². The van der Waals surface area contributed by atoms with Crippen molar-refractivity contribution in [1.82, 2.24) is 9.80 Å². The second kappa shape index (κ2) is 15.0. The molecule has 144 valence electrons. The van der Waals surface area contributed by atoms with Crippen molar-refractivity contribution in [2.24, 2.45) is 0 Å². The van der Waals surface area contributed by atoms with Crippen LogP contribution in [-0.4, -0.2) is 113 Å². The first-order chi connectivity index (χ1) is 11.8. The van der Waals surface area contributed by atoms with Gasteiger partial charge < -0.3 is 24.1 Å². The number of hydrogen-bond acceptors (Lipinski definition) is 7. The molecule has 7 nitrogen and oxygen atoms in total. The Hall–Kier alpha value is -0.280. The van der Waals surface area contributed by atoms with Crippen LogP contribution in [0.2, 0.25) is 0 Å². The van der Waals surface area contributed by atoms with Crippen LogP contribution in [0, 0.1) is 0 Å². The van der Waals surface area contributed by atoms with Gasteiger partial charge >= 0.3 is 0 Å². The summed E-state index contributed by atoms with van der Waals surface area (Å²) < 4.78 is 22.3. The van der Waals surface area contributed by atoms with Crippen molar-refractivity contribution >= 4 is 0 Å². The second-order valence-electron chi connectivity index (χ2n) is 5.90. The summed E-state index contributed by atoms with van der Waals surface area (Å²) in [4.78, 5) is 4.55. The normalized spacial score (nSPS) is 24.1. The minimum absolute atomic E-state index is 0.319. The molecule has 1 fully saturated rings. The molecule has 1 heterocycles. The van der Waals surface area contributed by atoms with Gasteiger partial charge in [0.2, 0.25) is 0 Å². The molecule has 0 aromatic carbocycles. The van der Waals surface area contributed by atoms with E-state index in [0.717, 1.165) is 39.3 Å². The van der Waals surface area contributed by atoms with E-state index in [1.807, 2.05) is 0 Å². The largest absolute Gasteiger partial charge is 0.388 e. The predicted octanol–water partition coefficient (Wildman–Crippen LogP) is 0.0711. The Balaban J connectivity index is 2.33. The average Bonchev–Trinajstić information content (AvgIpc) is 2.60. The Labute approximate surface area is 146 Å². The van der Waals surface area contributed by atoms with Crippen LogP contribution in [0.5, 0.6) is 0 Å². The highest BCUT2D eigenvalue weighted by molar-refractivity contribution is 4.58. The van der Waals surface area contributed by atoms with Gasteiger partial charge in [0.25, 0.3) is 0 Å². The average molecular weight is 348 g/mol. The van der Waals surface area contributed by atoms with Crippen LogP contribution in [0.1, 0.15) is 13.8 Å². The molecule has 1 saturated heterocycles. The van der Waals surface area contributed by atoms with Crippen LogP contribution in [0.15, 0.2) is 0 Å². The number of hydrogen-bond donors (Lipinski definition) is 1. The van der Waals surface area contributed by atoms with E-state index in [2.05, 4.69) is 23.6 Å². The van der Waals surface area contributed by atoms with E-state index in [9.17, 15) is 5.11 Å². The maximum absolute atomic E-state index is 9.87. The van der Waals surface area contributed by atoms with Gasteiger partial charge in [0.05, 0.1) is 52.9 Å². The van der Waals surface area contributed by atoms with Gasteiger partial charge in [0.15, 0.2) is 0 Å². The van der Waals surface area contributed by atoms with Crippen molar-refractivity contribution in [2.75, 3.05) is 92.1 Å². The fourth-order valence-corrected chi connectivity index (χ4v) is 2.44. The maximum Gasteiger partial charge on any atom is 0.101 e. The molecular formula is C17H36N2O5. The molecule has 1 rings (SSSR count). The molecule has 0 aromatic heterocycles. The molecule has 0 radical (unpaired) electrons. The first-order valence-corrected chi connectivity index (χ1v) is 9.20. The molecule has 0 unspecified atom stereocenters. The van der Waals surface area contributed by atoms with Crippen LogP contribution in [-0.2, 0) is 18.9 Å². The highest BCUT2D eigenvalue weighted by Gasteiger charge is 2.08. The van der Waals surface area contributed by atoms with E-state index in [1.54, 1.807) is 0 Å². The Morgan fingerprint density at radius 3 is 1.42 bits per heavy atom. The Bertz CT molecular complexity index is 258. The van der Waals surface area contributed by atoms with Gasteiger partial charge in [0, 0.05) is 26.2 Å². The number of nitrogens with zero attached hydrogens (tertiary/aromatic N) is 2. The maximum atomic E-state index is 9.87. The second-order valence-corrected chi connectivity index (χ2v) is 5.90. The Kier molecular flexibility index (Phi) is 13.6. The lowest BCUT2D eigenvalue weighted by Gasteiger charge is -2.21. The summed E-state index contributed by atoms with van der Waals surface area (Å²) in [5.41, 5.74) is 0. The first kappa shape index (κ1) is 21.8. The van der Waals surface area contributed by atoms with E-state index in [-0.39, 0.29) is 0 Å². The molecular weight excluding hydrogens is 312 g/mol. The number of aliphatic hydroxyl groups excluding tert-OH is 1. The summed E-state index contributed by atoms with van der Waals surface area (Å²) in [5.74, 6) is 0. The highest BCUT2D eigenvalue weighted by atomic mass is 16.5. The van der Waals surface area contributed by atoms with Crippen molar-refractivity contribution < 1.29 is 24.1 Å². The third kappa shape index (κ3) is 11.3. The third-order valence-corrected chi connectivity index (χ3v) is 4.09. The van der Waals surface area contributed by atoms with E-state index >= 15 is 0 Å². The van der Waals surface area contributed by atoms with Crippen LogP contribution in [0.25, 0.3) is 0 Å². The number of likely N-dealkylation sites (N-methyl/N-ethyl adjacent to an activating group) is 2. The molecule has 24 heavy (non-hydrogen) atoms. The molecule has 0 aromatic rings. The Morgan fingerprint density at radius 1 is 0.667 bits per heavy atom. The smallest absolute Gasteiger partial charge is 0.101 e. The SMILES string of the molecule is CCN1CCOCCOCCN(CC)CCOCC(O)COCC1. The number of aliphatic hydroxyl groups is 1. The van der Waals surface area contributed by atoms with E-state index in [1.165, 1.54) is 0 Å². The van der Waals surface area contributed by atoms with Gasteiger partial charge in [-0.25, -0.2) is 0 Å². The zero-order chi connectivity index (χ0) is 17.5. The van der Waals surface area contributed by atoms with Crippen molar-refractivity contribution in [2.45, 2.75) is 20.0 Å².